The molecule has 8 atom stereocenters. The van der Waals surface area contributed by atoms with E-state index >= 15 is 0 Å². The van der Waals surface area contributed by atoms with Gasteiger partial charge in [-0.3, -0.25) is 24.2 Å². The highest BCUT2D eigenvalue weighted by Gasteiger charge is 2.43. The minimum absolute atomic E-state index is 0.00219. The van der Waals surface area contributed by atoms with Gasteiger partial charge in [0, 0.05) is 52.1 Å². The first-order valence-corrected chi connectivity index (χ1v) is 19.4. The summed E-state index contributed by atoms with van der Waals surface area (Å²) in [5, 5.41) is 11.3. The quantitative estimate of drug-likeness (QED) is 0.184. The molecule has 2 heterocycles. The molecule has 4 amide bonds. The molecule has 1 aromatic carbocycles. The van der Waals surface area contributed by atoms with Gasteiger partial charge in [-0.05, 0) is 61.1 Å². The topological polar surface area (TPSA) is 142 Å². The number of nitrogens with one attached hydrogen (secondary N) is 3. The van der Waals surface area contributed by atoms with Gasteiger partial charge in [-0.1, -0.05) is 73.1 Å². The van der Waals surface area contributed by atoms with E-state index in [9.17, 15) is 19.2 Å². The monoisotopic (exact) mass is 739 g/mol. The highest BCUT2D eigenvalue weighted by atomic mass is 16.5. The molecule has 0 bridgehead atoms. The maximum Gasteiger partial charge on any atom is 0.245 e. The van der Waals surface area contributed by atoms with Crippen molar-refractivity contribution >= 4 is 34.4 Å². The van der Waals surface area contributed by atoms with Crippen molar-refractivity contribution in [2.24, 2.45) is 23.7 Å². The van der Waals surface area contributed by atoms with Crippen molar-refractivity contribution in [1.29, 1.82) is 0 Å². The minimum atomic E-state index is -0.745. The van der Waals surface area contributed by atoms with Crippen molar-refractivity contribution in [3.05, 3.63) is 42.2 Å². The number of methoxy groups -OCH3 is 2. The van der Waals surface area contributed by atoms with Gasteiger partial charge in [0.2, 0.25) is 23.6 Å². The minimum Gasteiger partial charge on any atom is -0.379 e. The number of ether oxygens (including phenoxy) is 2. The number of hydrogen-bond acceptors (Lipinski definition) is 8. The number of hydrogen-bond donors (Lipinski definition) is 3. The number of benzene rings is 1. The zero-order valence-electron chi connectivity index (χ0n) is 34.0. The van der Waals surface area contributed by atoms with E-state index in [-0.39, 0.29) is 53.8 Å². The van der Waals surface area contributed by atoms with Crippen LogP contribution in [-0.4, -0.2) is 116 Å². The van der Waals surface area contributed by atoms with Crippen molar-refractivity contribution < 1.29 is 28.7 Å². The van der Waals surface area contributed by atoms with Crippen LogP contribution in [0.25, 0.3) is 10.8 Å². The SMILES string of the molecule is CC[C@H](C)C([C@@H](CC(=O)N1CCC[C@H]1[C@H](OC)[C@@H](C)C(=O)NCCc1ccc2cnccc2c1)OC)N(C)C(=O)[C@@H](NC(=O)C(NC)C(C)C)C(C)C. The number of nitrogens with zero attached hydrogens (tertiary/aromatic N) is 3. The summed E-state index contributed by atoms with van der Waals surface area (Å²) in [7, 11) is 6.66. The third-order valence-corrected chi connectivity index (χ3v) is 11.2. The molecule has 53 heavy (non-hydrogen) atoms. The van der Waals surface area contributed by atoms with E-state index in [0.29, 0.717) is 19.5 Å². The van der Waals surface area contributed by atoms with Crippen LogP contribution >= 0.6 is 0 Å². The third kappa shape index (κ3) is 11.2. The van der Waals surface area contributed by atoms with E-state index in [1.54, 1.807) is 39.4 Å². The Labute approximate surface area is 317 Å². The Balaban J connectivity index is 1.70. The lowest BCUT2D eigenvalue weighted by Crippen LogP contribution is -2.59. The fourth-order valence-corrected chi connectivity index (χ4v) is 7.83. The number of aromatic nitrogens is 1. The molecule has 12 nitrogen and oxygen atoms in total. The van der Waals surface area contributed by atoms with Gasteiger partial charge >= 0.3 is 0 Å². The Morgan fingerprint density at radius 1 is 0.962 bits per heavy atom. The fraction of sp³-hybridized carbons (Fsp3) is 0.683. The smallest absolute Gasteiger partial charge is 0.245 e. The Bertz CT molecular complexity index is 1500. The van der Waals surface area contributed by atoms with E-state index in [1.165, 1.54) is 0 Å². The molecule has 2 aromatic rings. The third-order valence-electron chi connectivity index (χ3n) is 11.2. The lowest BCUT2D eigenvalue weighted by atomic mass is 9.89. The highest BCUT2D eigenvalue weighted by Crippen LogP contribution is 2.29. The molecule has 0 aliphatic carbocycles. The number of fused-ring (bicyclic) bond motifs is 1. The summed E-state index contributed by atoms with van der Waals surface area (Å²) >= 11 is 0. The van der Waals surface area contributed by atoms with Gasteiger partial charge < -0.3 is 35.2 Å². The average molecular weight is 739 g/mol. The maximum atomic E-state index is 14.1. The number of amides is 4. The molecule has 1 saturated heterocycles. The van der Waals surface area contributed by atoms with E-state index < -0.39 is 36.3 Å². The lowest BCUT2D eigenvalue weighted by molar-refractivity contribution is -0.147. The lowest BCUT2D eigenvalue weighted by Gasteiger charge is -2.41. The van der Waals surface area contributed by atoms with Crippen molar-refractivity contribution in [1.82, 2.24) is 30.7 Å². The van der Waals surface area contributed by atoms with Crippen LogP contribution in [0.15, 0.2) is 36.7 Å². The van der Waals surface area contributed by atoms with E-state index in [0.717, 1.165) is 35.6 Å². The average Bonchev–Trinajstić information content (AvgIpc) is 3.62. The summed E-state index contributed by atoms with van der Waals surface area (Å²) < 4.78 is 12.0. The second kappa shape index (κ2) is 20.7. The van der Waals surface area contributed by atoms with Crippen LogP contribution in [0.1, 0.15) is 79.7 Å². The number of rotatable bonds is 20. The molecule has 0 radical (unpaired) electrons. The molecule has 0 spiro atoms. The van der Waals surface area contributed by atoms with Gasteiger partial charge in [-0.2, -0.15) is 0 Å². The van der Waals surface area contributed by atoms with Crippen molar-refractivity contribution in [3.8, 4) is 0 Å². The molecule has 1 fully saturated rings. The molecular formula is C41H66N6O6. The largest absolute Gasteiger partial charge is 0.379 e. The molecule has 12 heteroatoms. The van der Waals surface area contributed by atoms with E-state index in [2.05, 4.69) is 46.9 Å². The standard InChI is InChI=1S/C41H66N6O6/c1-12-27(6)37(46(9)41(51)36(26(4)5)45-40(50)35(42-8)25(2)3)33(52-10)23-34(48)47-21-13-14-32(47)38(53-11)28(7)39(49)44-20-17-29-15-16-31-24-43-19-18-30(31)22-29/h15-16,18-19,22,24-28,32-33,35-38,42H,12-14,17,20-21,23H2,1-11H3,(H,44,49)(H,45,50)/t27-,28+,32-,33+,35?,36-,37?,38+/m0/s1. The first kappa shape index (κ1) is 43.8. The summed E-state index contributed by atoms with van der Waals surface area (Å²) in [5.41, 5.74) is 1.13. The number of likely N-dealkylation sites (N-methyl/N-ethyl adjacent to an activating group) is 2. The second-order valence-corrected chi connectivity index (χ2v) is 15.4. The van der Waals surface area contributed by atoms with Crippen LogP contribution in [0.4, 0.5) is 0 Å². The highest BCUT2D eigenvalue weighted by molar-refractivity contribution is 5.90. The van der Waals surface area contributed by atoms with Crippen LogP contribution in [0.3, 0.4) is 0 Å². The summed E-state index contributed by atoms with van der Waals surface area (Å²) in [6, 6.07) is 6.32. The van der Waals surface area contributed by atoms with Crippen LogP contribution in [0.5, 0.6) is 0 Å². The molecule has 296 valence electrons. The van der Waals surface area contributed by atoms with Gasteiger partial charge in [0.15, 0.2) is 0 Å². The number of carbonyl (C=O) groups is 4. The van der Waals surface area contributed by atoms with Gasteiger partial charge in [-0.25, -0.2) is 0 Å². The van der Waals surface area contributed by atoms with Gasteiger partial charge in [0.05, 0.1) is 42.7 Å². The Morgan fingerprint density at radius 2 is 1.66 bits per heavy atom. The fourth-order valence-electron chi connectivity index (χ4n) is 7.83. The van der Waals surface area contributed by atoms with Crippen molar-refractivity contribution in [2.75, 3.05) is 41.4 Å². The number of pyridine rings is 1. The van der Waals surface area contributed by atoms with Crippen LogP contribution in [-0.2, 0) is 35.1 Å². The molecule has 1 aromatic heterocycles. The summed E-state index contributed by atoms with van der Waals surface area (Å²) in [6.45, 7) is 14.8. The Morgan fingerprint density at radius 3 is 2.26 bits per heavy atom. The summed E-state index contributed by atoms with van der Waals surface area (Å²) in [4.78, 5) is 62.6. The molecular weight excluding hydrogens is 672 g/mol. The van der Waals surface area contributed by atoms with Gasteiger partial charge in [0.1, 0.15) is 6.04 Å². The maximum absolute atomic E-state index is 14.1. The first-order valence-electron chi connectivity index (χ1n) is 19.4. The Hall–Kier alpha value is -3.61. The Kier molecular flexibility index (Phi) is 17.1. The first-order chi connectivity index (χ1) is 25.2. The summed E-state index contributed by atoms with van der Waals surface area (Å²) in [5.74, 6) is -1.26. The zero-order valence-corrected chi connectivity index (χ0v) is 34.0. The normalized spacial score (nSPS) is 18.7. The second-order valence-electron chi connectivity index (χ2n) is 15.4. The zero-order chi connectivity index (χ0) is 39.4. The molecule has 0 saturated carbocycles. The van der Waals surface area contributed by atoms with Crippen LogP contribution in [0, 0.1) is 23.7 Å². The van der Waals surface area contributed by atoms with Crippen LogP contribution in [0.2, 0.25) is 0 Å². The predicted octanol–water partition coefficient (Wildman–Crippen LogP) is 4.20. The van der Waals surface area contributed by atoms with Crippen LogP contribution < -0.4 is 16.0 Å². The molecule has 1 aliphatic heterocycles. The number of likely N-dealkylation sites (tertiary alicyclic amines) is 1. The van der Waals surface area contributed by atoms with Gasteiger partial charge in [-0.15, -0.1) is 0 Å². The molecule has 3 rings (SSSR count). The van der Waals surface area contributed by atoms with Crippen molar-refractivity contribution in [2.45, 2.75) is 117 Å². The van der Waals surface area contributed by atoms with E-state index in [1.807, 2.05) is 57.8 Å². The molecule has 2 unspecified atom stereocenters. The predicted molar refractivity (Wildman–Crippen MR) is 209 cm³/mol. The molecule has 1 aliphatic rings. The van der Waals surface area contributed by atoms with E-state index in [4.69, 9.17) is 9.47 Å². The summed E-state index contributed by atoms with van der Waals surface area (Å²) in [6.07, 6.45) is 5.55. The number of carbonyl (C=O) groups excluding carboxylic acids is 4. The van der Waals surface area contributed by atoms with Crippen molar-refractivity contribution in [3.63, 3.8) is 0 Å². The van der Waals surface area contributed by atoms with Gasteiger partial charge in [0.25, 0.3) is 0 Å². The molecule has 3 N–H and O–H groups in total.